The van der Waals surface area contributed by atoms with Crippen LogP contribution in [0.3, 0.4) is 0 Å². The summed E-state index contributed by atoms with van der Waals surface area (Å²) in [6.45, 7) is 14.1. The Balaban J connectivity index is 1.44. The van der Waals surface area contributed by atoms with Gasteiger partial charge in [0.2, 0.25) is 0 Å². The van der Waals surface area contributed by atoms with Crippen molar-refractivity contribution < 1.29 is 0 Å². The zero-order valence-electron chi connectivity index (χ0n) is 29.1. The molecule has 0 unspecified atom stereocenters. The Morgan fingerprint density at radius 2 is 1.16 bits per heavy atom. The van der Waals surface area contributed by atoms with Gasteiger partial charge < -0.3 is 9.05 Å². The van der Waals surface area contributed by atoms with Crippen molar-refractivity contribution in [2.45, 2.75) is 52.4 Å². The predicted octanol–water partition coefficient (Wildman–Crippen LogP) is 10.6. The average molecular weight is 631 g/mol. The third-order valence-electron chi connectivity index (χ3n) is 11.2. The summed E-state index contributed by atoms with van der Waals surface area (Å²) >= 11 is 0. The third-order valence-corrected chi connectivity index (χ3v) is 11.2. The lowest BCUT2D eigenvalue weighted by atomic mass is 9.45. The molecule has 10 rings (SSSR count). The minimum absolute atomic E-state index is 0.00665. The van der Waals surface area contributed by atoms with E-state index in [2.05, 4.69) is 178 Å². The molecule has 236 valence electrons. The first-order valence-electron chi connectivity index (χ1n) is 17.7. The minimum Gasteiger partial charge on any atom is -0.375 e. The van der Waals surface area contributed by atoms with Gasteiger partial charge in [-0.2, -0.15) is 0 Å². The lowest BCUT2D eigenvalue weighted by Gasteiger charge is -2.34. The van der Waals surface area contributed by atoms with Gasteiger partial charge in [0.15, 0.2) is 0 Å². The highest BCUT2D eigenvalue weighted by atomic mass is 15.0. The van der Waals surface area contributed by atoms with Crippen molar-refractivity contribution in [2.75, 3.05) is 0 Å². The standard InChI is InChI=1S/C46H39BN2/c1-45(2,3)30-21-24-38-34(25-30)36-27-31(46(4,5)6)26-35-32-22-23-33-40(28-15-9-7-10-16-28)42(29-17-11-8-12-18-29)48-39-20-14-13-19-37(39)47(41(32)44(33)48)49(38)43(35)36/h7-27H,1-6H3. The Hall–Kier alpha value is -5.28. The molecular weight excluding hydrogens is 591 g/mol. The van der Waals surface area contributed by atoms with Gasteiger partial charge in [-0.1, -0.05) is 139 Å². The van der Waals surface area contributed by atoms with Gasteiger partial charge in [0.1, 0.15) is 0 Å². The topological polar surface area (TPSA) is 9.86 Å². The Kier molecular flexibility index (Phi) is 5.66. The summed E-state index contributed by atoms with van der Waals surface area (Å²) in [5, 5.41) is 4.02. The van der Waals surface area contributed by atoms with Crippen LogP contribution in [0.5, 0.6) is 0 Å². The van der Waals surface area contributed by atoms with E-state index >= 15 is 0 Å². The van der Waals surface area contributed by atoms with Crippen LogP contribution < -0.4 is 10.9 Å². The molecule has 2 aliphatic heterocycles. The van der Waals surface area contributed by atoms with Gasteiger partial charge in [-0.15, -0.1) is 0 Å². The number of rotatable bonds is 2. The quantitative estimate of drug-likeness (QED) is 0.168. The van der Waals surface area contributed by atoms with E-state index in [0.717, 1.165) is 0 Å². The maximum absolute atomic E-state index is 2.69. The number of aromatic nitrogens is 2. The van der Waals surface area contributed by atoms with Crippen molar-refractivity contribution in [1.82, 2.24) is 9.05 Å². The Morgan fingerprint density at radius 1 is 0.510 bits per heavy atom. The molecule has 2 aromatic heterocycles. The molecule has 0 amide bonds. The van der Waals surface area contributed by atoms with E-state index in [9.17, 15) is 0 Å². The number of nitrogens with zero attached hydrogens (tertiary/aromatic N) is 2. The molecule has 3 heteroatoms. The average Bonchev–Trinajstić information content (AvgIpc) is 3.63. The van der Waals surface area contributed by atoms with Crippen molar-refractivity contribution >= 4 is 50.5 Å². The van der Waals surface area contributed by atoms with Crippen molar-refractivity contribution in [2.24, 2.45) is 0 Å². The molecule has 0 saturated carbocycles. The first kappa shape index (κ1) is 28.7. The van der Waals surface area contributed by atoms with Gasteiger partial charge in [-0.05, 0) is 79.9 Å². The Labute approximate surface area is 288 Å². The monoisotopic (exact) mass is 630 g/mol. The molecule has 4 heterocycles. The number of hydrogen-bond donors (Lipinski definition) is 0. The second-order valence-corrected chi connectivity index (χ2v) is 16.2. The Bertz CT molecular complexity index is 2660. The largest absolute Gasteiger partial charge is 0.375 e. The van der Waals surface area contributed by atoms with Crippen LogP contribution in [0.1, 0.15) is 52.7 Å². The van der Waals surface area contributed by atoms with Gasteiger partial charge in [0.05, 0.1) is 11.2 Å². The highest BCUT2D eigenvalue weighted by Gasteiger charge is 2.42. The fourth-order valence-electron chi connectivity index (χ4n) is 8.82. The van der Waals surface area contributed by atoms with Crippen LogP contribution in [0.25, 0.3) is 71.9 Å². The Morgan fingerprint density at radius 3 is 1.88 bits per heavy atom. The fraction of sp³-hybridized carbons (Fsp3) is 0.174. The first-order chi connectivity index (χ1) is 23.6. The summed E-state index contributed by atoms with van der Waals surface area (Å²) in [5.41, 5.74) is 18.6. The number of hydrogen-bond acceptors (Lipinski definition) is 0. The van der Waals surface area contributed by atoms with Crippen LogP contribution in [0, 0.1) is 0 Å². The number of para-hydroxylation sites is 1. The molecule has 0 spiro atoms. The summed E-state index contributed by atoms with van der Waals surface area (Å²) in [6, 6.07) is 48.2. The van der Waals surface area contributed by atoms with Crippen molar-refractivity contribution in [3.8, 4) is 39.2 Å². The summed E-state index contributed by atoms with van der Waals surface area (Å²) in [6.07, 6.45) is 0. The zero-order valence-corrected chi connectivity index (χ0v) is 29.1. The second-order valence-electron chi connectivity index (χ2n) is 16.2. The van der Waals surface area contributed by atoms with E-state index in [1.165, 1.54) is 94.0 Å². The molecule has 0 N–H and O–H groups in total. The van der Waals surface area contributed by atoms with E-state index in [1.54, 1.807) is 0 Å². The van der Waals surface area contributed by atoms with Gasteiger partial charge in [0.25, 0.3) is 0 Å². The zero-order chi connectivity index (χ0) is 33.4. The highest BCUT2D eigenvalue weighted by molar-refractivity contribution is 6.90. The molecule has 0 bridgehead atoms. The van der Waals surface area contributed by atoms with Crippen LogP contribution in [0.15, 0.2) is 127 Å². The van der Waals surface area contributed by atoms with Crippen LogP contribution in [-0.2, 0) is 10.8 Å². The molecule has 8 aromatic rings. The summed E-state index contributed by atoms with van der Waals surface area (Å²) in [4.78, 5) is 0. The van der Waals surface area contributed by atoms with Crippen molar-refractivity contribution in [1.29, 1.82) is 0 Å². The molecule has 0 saturated heterocycles. The molecule has 2 aliphatic rings. The lowest BCUT2D eigenvalue weighted by Crippen LogP contribution is -2.55. The van der Waals surface area contributed by atoms with Crippen LogP contribution >= 0.6 is 0 Å². The molecule has 0 fully saturated rings. The van der Waals surface area contributed by atoms with Crippen LogP contribution in [-0.4, -0.2) is 15.9 Å². The SMILES string of the molecule is CC(C)(C)c1ccc2c(c1)c1cc(C(C)(C)C)cc3c1n2B1c2ccccc2-n2c(-c4ccccc4)c(-c4ccccc4)c4ccc-3c1c42. The number of fused-ring (bicyclic) bond motifs is 8. The maximum atomic E-state index is 2.69. The van der Waals surface area contributed by atoms with Gasteiger partial charge in [-0.3, -0.25) is 0 Å². The van der Waals surface area contributed by atoms with Gasteiger partial charge >= 0.3 is 6.85 Å². The lowest BCUT2D eigenvalue weighted by molar-refractivity contribution is 0.590. The van der Waals surface area contributed by atoms with E-state index in [-0.39, 0.29) is 17.7 Å². The normalized spacial score (nSPS) is 13.5. The number of benzene rings is 6. The molecule has 6 aromatic carbocycles. The van der Waals surface area contributed by atoms with Crippen molar-refractivity contribution in [3.05, 3.63) is 139 Å². The van der Waals surface area contributed by atoms with Crippen LogP contribution in [0.2, 0.25) is 0 Å². The third kappa shape index (κ3) is 3.85. The molecule has 49 heavy (non-hydrogen) atoms. The minimum atomic E-state index is 0.00665. The fourth-order valence-corrected chi connectivity index (χ4v) is 8.82. The van der Waals surface area contributed by atoms with E-state index in [0.29, 0.717) is 0 Å². The van der Waals surface area contributed by atoms with Gasteiger partial charge in [0, 0.05) is 44.0 Å². The molecule has 2 nitrogen and oxygen atoms in total. The second kappa shape index (κ2) is 9.67. The molecule has 0 aliphatic carbocycles. The summed E-state index contributed by atoms with van der Waals surface area (Å²) in [7, 11) is 0. The highest BCUT2D eigenvalue weighted by Crippen LogP contribution is 2.48. The van der Waals surface area contributed by atoms with E-state index in [4.69, 9.17) is 0 Å². The van der Waals surface area contributed by atoms with E-state index in [1.807, 2.05) is 0 Å². The van der Waals surface area contributed by atoms with Crippen LogP contribution in [0.4, 0.5) is 0 Å². The summed E-state index contributed by atoms with van der Waals surface area (Å²) in [5.74, 6) is 0. The predicted molar refractivity (Wildman–Crippen MR) is 210 cm³/mol. The molecule has 0 atom stereocenters. The maximum Gasteiger partial charge on any atom is 0.333 e. The van der Waals surface area contributed by atoms with Gasteiger partial charge in [-0.25, -0.2) is 0 Å². The molecule has 0 radical (unpaired) electrons. The summed E-state index contributed by atoms with van der Waals surface area (Å²) < 4.78 is 5.29. The van der Waals surface area contributed by atoms with Crippen molar-refractivity contribution in [3.63, 3.8) is 0 Å². The molecular formula is C46H39BN2. The first-order valence-corrected chi connectivity index (χ1v) is 17.7. The smallest absolute Gasteiger partial charge is 0.333 e. The van der Waals surface area contributed by atoms with E-state index < -0.39 is 0 Å².